The van der Waals surface area contributed by atoms with Crippen molar-refractivity contribution in [2.45, 2.75) is 12.8 Å². The summed E-state index contributed by atoms with van der Waals surface area (Å²) in [7, 11) is 3.63. The largest absolute Gasteiger partial charge is 0.496 e. The third-order valence-corrected chi connectivity index (χ3v) is 4.73. The topological polar surface area (TPSA) is 81.4 Å². The number of para-hydroxylation sites is 1. The zero-order valence-electron chi connectivity index (χ0n) is 16.6. The Kier molecular flexibility index (Phi) is 6.80. The van der Waals surface area contributed by atoms with Crippen LogP contribution in [0, 0.1) is 11.3 Å². The standard InChI is InChI=1S/C23H24N4O2/c1-27(22-15-18(16-24)26-21-10-6-5-9-20(21)22)19-11-12-23(29-2)17(14-19)8-4-3-7-13-25-28/h4-6,8-12,14-15,25,28H,3,7,13H2,1-2H3/b8-4+. The number of allylic oxidation sites excluding steroid dienone is 1. The van der Waals surface area contributed by atoms with Crippen molar-refractivity contribution in [1.82, 2.24) is 10.5 Å². The van der Waals surface area contributed by atoms with E-state index in [2.05, 4.69) is 33.6 Å². The lowest BCUT2D eigenvalue weighted by Crippen LogP contribution is -2.11. The maximum Gasteiger partial charge on any atom is 0.143 e. The maximum atomic E-state index is 9.37. The molecule has 2 N–H and O–H groups in total. The molecule has 3 aromatic rings. The van der Waals surface area contributed by atoms with E-state index in [0.29, 0.717) is 12.2 Å². The number of ether oxygens (including phenoxy) is 1. The Labute approximate surface area is 170 Å². The highest BCUT2D eigenvalue weighted by atomic mass is 16.5. The molecule has 0 fully saturated rings. The van der Waals surface area contributed by atoms with Gasteiger partial charge in [-0.3, -0.25) is 0 Å². The third-order valence-electron chi connectivity index (χ3n) is 4.73. The molecule has 0 radical (unpaired) electrons. The van der Waals surface area contributed by atoms with Crippen molar-refractivity contribution in [2.75, 3.05) is 25.6 Å². The highest BCUT2D eigenvalue weighted by molar-refractivity contribution is 5.94. The fourth-order valence-electron chi connectivity index (χ4n) is 3.20. The fraction of sp³-hybridized carbons (Fsp3) is 0.217. The van der Waals surface area contributed by atoms with E-state index >= 15 is 0 Å². The van der Waals surface area contributed by atoms with E-state index in [0.717, 1.165) is 46.4 Å². The molecule has 1 aromatic heterocycles. The molecular weight excluding hydrogens is 364 g/mol. The van der Waals surface area contributed by atoms with Gasteiger partial charge in [-0.15, -0.1) is 0 Å². The van der Waals surface area contributed by atoms with E-state index < -0.39 is 0 Å². The first kappa shape index (κ1) is 20.3. The number of hydrogen-bond donors (Lipinski definition) is 2. The second-order valence-electron chi connectivity index (χ2n) is 6.59. The molecule has 1 heterocycles. The first-order valence-corrected chi connectivity index (χ1v) is 9.43. The van der Waals surface area contributed by atoms with Crippen LogP contribution in [0.25, 0.3) is 17.0 Å². The molecule has 29 heavy (non-hydrogen) atoms. The van der Waals surface area contributed by atoms with Gasteiger partial charge in [-0.25, -0.2) is 10.5 Å². The van der Waals surface area contributed by atoms with Crippen LogP contribution in [0.1, 0.15) is 24.1 Å². The average molecular weight is 388 g/mol. The average Bonchev–Trinajstić information content (AvgIpc) is 2.77. The summed E-state index contributed by atoms with van der Waals surface area (Å²) in [6, 6.07) is 17.8. The number of benzene rings is 2. The predicted molar refractivity (Wildman–Crippen MR) is 116 cm³/mol. The van der Waals surface area contributed by atoms with Crippen molar-refractivity contribution in [3.05, 3.63) is 65.9 Å². The third kappa shape index (κ3) is 4.72. The lowest BCUT2D eigenvalue weighted by molar-refractivity contribution is 0.166. The van der Waals surface area contributed by atoms with Gasteiger partial charge in [0.15, 0.2) is 0 Å². The molecule has 3 rings (SSSR count). The van der Waals surface area contributed by atoms with Crippen LogP contribution in [0.4, 0.5) is 11.4 Å². The Bertz CT molecular complexity index is 1060. The summed E-state index contributed by atoms with van der Waals surface area (Å²) in [5, 5.41) is 19.0. The molecular formula is C23H24N4O2. The molecule has 6 nitrogen and oxygen atoms in total. The van der Waals surface area contributed by atoms with Crippen LogP contribution in [0.3, 0.4) is 0 Å². The number of unbranched alkanes of at least 4 members (excludes halogenated alkanes) is 1. The van der Waals surface area contributed by atoms with E-state index in [-0.39, 0.29) is 0 Å². The van der Waals surface area contributed by atoms with Crippen LogP contribution in [-0.2, 0) is 0 Å². The zero-order chi connectivity index (χ0) is 20.6. The summed E-state index contributed by atoms with van der Waals surface area (Å²) in [5.74, 6) is 0.788. The Morgan fingerprint density at radius 2 is 2.07 bits per heavy atom. The molecule has 0 saturated heterocycles. The summed E-state index contributed by atoms with van der Waals surface area (Å²) >= 11 is 0. The van der Waals surface area contributed by atoms with Crippen molar-refractivity contribution in [3.63, 3.8) is 0 Å². The fourth-order valence-corrected chi connectivity index (χ4v) is 3.20. The summed E-state index contributed by atoms with van der Waals surface area (Å²) in [5.41, 5.74) is 6.20. The van der Waals surface area contributed by atoms with Gasteiger partial charge in [-0.2, -0.15) is 5.26 Å². The molecule has 0 amide bonds. The first-order chi connectivity index (χ1) is 14.2. The minimum atomic E-state index is 0.386. The monoisotopic (exact) mass is 388 g/mol. The lowest BCUT2D eigenvalue weighted by Gasteiger charge is -2.22. The SMILES string of the molecule is COc1ccc(N(C)c2cc(C#N)nc3ccccc23)cc1/C=C/CCCNO. The van der Waals surface area contributed by atoms with Crippen LogP contribution < -0.4 is 15.1 Å². The quantitative estimate of drug-likeness (QED) is 0.432. The van der Waals surface area contributed by atoms with Gasteiger partial charge in [-0.1, -0.05) is 30.4 Å². The minimum Gasteiger partial charge on any atom is -0.496 e. The molecule has 0 aliphatic rings. The summed E-state index contributed by atoms with van der Waals surface area (Å²) in [4.78, 5) is 6.45. The van der Waals surface area contributed by atoms with E-state index in [1.807, 2.05) is 55.6 Å². The second-order valence-corrected chi connectivity index (χ2v) is 6.59. The molecule has 0 spiro atoms. The van der Waals surface area contributed by atoms with Crippen molar-refractivity contribution in [3.8, 4) is 11.8 Å². The predicted octanol–water partition coefficient (Wildman–Crippen LogP) is 4.66. The molecule has 0 saturated carbocycles. The van der Waals surface area contributed by atoms with Gasteiger partial charge in [0.25, 0.3) is 0 Å². The van der Waals surface area contributed by atoms with E-state index in [1.165, 1.54) is 0 Å². The second kappa shape index (κ2) is 9.69. The van der Waals surface area contributed by atoms with Crippen molar-refractivity contribution >= 4 is 28.4 Å². The van der Waals surface area contributed by atoms with Gasteiger partial charge >= 0.3 is 0 Å². The number of nitrogens with zero attached hydrogens (tertiary/aromatic N) is 3. The number of rotatable bonds is 8. The van der Waals surface area contributed by atoms with Gasteiger partial charge in [-0.05, 0) is 43.2 Å². The van der Waals surface area contributed by atoms with E-state index in [4.69, 9.17) is 9.94 Å². The van der Waals surface area contributed by atoms with Crippen molar-refractivity contribution in [2.24, 2.45) is 0 Å². The molecule has 0 unspecified atom stereocenters. The number of pyridine rings is 1. The molecule has 2 aromatic carbocycles. The zero-order valence-corrected chi connectivity index (χ0v) is 16.6. The van der Waals surface area contributed by atoms with Crippen LogP contribution >= 0.6 is 0 Å². The summed E-state index contributed by atoms with van der Waals surface area (Å²) in [6.07, 6.45) is 5.78. The number of hydroxylamine groups is 1. The maximum absolute atomic E-state index is 9.37. The number of methoxy groups -OCH3 is 1. The Morgan fingerprint density at radius 1 is 1.24 bits per heavy atom. The van der Waals surface area contributed by atoms with Gasteiger partial charge in [0.2, 0.25) is 0 Å². The van der Waals surface area contributed by atoms with Crippen LogP contribution in [-0.4, -0.2) is 30.9 Å². The number of hydrogen-bond acceptors (Lipinski definition) is 6. The van der Waals surface area contributed by atoms with Crippen LogP contribution in [0.2, 0.25) is 0 Å². The number of fused-ring (bicyclic) bond motifs is 1. The molecule has 0 atom stereocenters. The van der Waals surface area contributed by atoms with Gasteiger partial charge in [0.1, 0.15) is 17.5 Å². The van der Waals surface area contributed by atoms with E-state index in [1.54, 1.807) is 7.11 Å². The van der Waals surface area contributed by atoms with Gasteiger partial charge in [0.05, 0.1) is 18.3 Å². The van der Waals surface area contributed by atoms with E-state index in [9.17, 15) is 5.26 Å². The van der Waals surface area contributed by atoms with Crippen molar-refractivity contribution < 1.29 is 9.94 Å². The Hall–Kier alpha value is -3.40. The highest BCUT2D eigenvalue weighted by Gasteiger charge is 2.13. The van der Waals surface area contributed by atoms with Crippen LogP contribution in [0.15, 0.2) is 54.6 Å². The minimum absolute atomic E-state index is 0.386. The molecule has 0 aliphatic heterocycles. The lowest BCUT2D eigenvalue weighted by atomic mass is 10.1. The Balaban J connectivity index is 1.97. The van der Waals surface area contributed by atoms with Gasteiger partial charge in [0, 0.05) is 30.2 Å². The number of nitriles is 1. The van der Waals surface area contributed by atoms with Crippen molar-refractivity contribution in [1.29, 1.82) is 5.26 Å². The first-order valence-electron chi connectivity index (χ1n) is 9.43. The summed E-state index contributed by atoms with van der Waals surface area (Å²) < 4.78 is 5.50. The number of nitrogens with one attached hydrogen (secondary N) is 1. The van der Waals surface area contributed by atoms with Crippen LogP contribution in [0.5, 0.6) is 5.75 Å². The molecule has 0 bridgehead atoms. The molecule has 148 valence electrons. The molecule has 0 aliphatic carbocycles. The summed E-state index contributed by atoms with van der Waals surface area (Å²) in [6.45, 7) is 0.556. The highest BCUT2D eigenvalue weighted by Crippen LogP contribution is 2.33. The Morgan fingerprint density at radius 3 is 2.83 bits per heavy atom. The number of anilines is 2. The van der Waals surface area contributed by atoms with Gasteiger partial charge < -0.3 is 14.8 Å². The molecule has 6 heteroatoms. The number of aromatic nitrogens is 1. The smallest absolute Gasteiger partial charge is 0.143 e. The normalized spacial score (nSPS) is 11.0.